The summed E-state index contributed by atoms with van der Waals surface area (Å²) in [5, 5.41) is 6.66. The van der Waals surface area contributed by atoms with Crippen molar-refractivity contribution >= 4 is 23.2 Å². The van der Waals surface area contributed by atoms with Gasteiger partial charge in [-0.3, -0.25) is 15.6 Å². The molecule has 1 rings (SSSR count). The number of nitrogens with zero attached hydrogens (tertiary/aromatic N) is 1. The van der Waals surface area contributed by atoms with Crippen molar-refractivity contribution in [2.75, 3.05) is 7.05 Å². The molecule has 0 saturated carbocycles. The van der Waals surface area contributed by atoms with Crippen molar-refractivity contribution in [3.8, 4) is 0 Å². The molecule has 0 bridgehead atoms. The molecule has 1 heterocycles. The predicted octanol–water partition coefficient (Wildman–Crippen LogP) is 0.0301. The Balaban J connectivity index is 2.66. The van der Waals surface area contributed by atoms with E-state index < -0.39 is 0 Å². The van der Waals surface area contributed by atoms with Crippen molar-refractivity contribution in [2.24, 2.45) is 0 Å². The largest absolute Gasteiger partial charge is 0.364 e. The van der Waals surface area contributed by atoms with E-state index in [-0.39, 0.29) is 5.91 Å². The summed E-state index contributed by atoms with van der Waals surface area (Å²) in [6, 6.07) is 0. The third-order valence-electron chi connectivity index (χ3n) is 1.78. The lowest BCUT2D eigenvalue weighted by Crippen LogP contribution is -2.45. The van der Waals surface area contributed by atoms with E-state index in [0.29, 0.717) is 22.1 Å². The molecule has 1 aromatic heterocycles. The van der Waals surface area contributed by atoms with Crippen molar-refractivity contribution in [1.29, 1.82) is 0 Å². The van der Waals surface area contributed by atoms with Crippen LogP contribution in [0.4, 0.5) is 0 Å². The zero-order valence-electron chi connectivity index (χ0n) is 8.67. The molecule has 0 aromatic carbocycles. The second-order valence-electron chi connectivity index (χ2n) is 2.86. The van der Waals surface area contributed by atoms with Gasteiger partial charge < -0.3 is 9.84 Å². The Kier molecular flexibility index (Phi) is 3.62. The van der Waals surface area contributed by atoms with Gasteiger partial charge in [0.1, 0.15) is 11.3 Å². The van der Waals surface area contributed by atoms with E-state index >= 15 is 0 Å². The quantitative estimate of drug-likeness (QED) is 0.465. The molecule has 0 aliphatic rings. The number of thiocarbonyl (C=S) groups is 1. The SMILES string of the molecule is CNC(=S)NNC(=O)c1c(C)noc1C. The van der Waals surface area contributed by atoms with E-state index in [4.69, 9.17) is 16.7 Å². The molecule has 82 valence electrons. The van der Waals surface area contributed by atoms with E-state index in [1.807, 2.05) is 0 Å². The first kappa shape index (κ1) is 11.4. The Morgan fingerprint density at radius 3 is 2.53 bits per heavy atom. The number of carbonyl (C=O) groups is 1. The molecule has 0 radical (unpaired) electrons. The van der Waals surface area contributed by atoms with E-state index in [2.05, 4.69) is 21.3 Å². The van der Waals surface area contributed by atoms with Gasteiger partial charge in [-0.1, -0.05) is 5.16 Å². The molecule has 0 atom stereocenters. The van der Waals surface area contributed by atoms with Crippen molar-refractivity contribution in [3.05, 3.63) is 17.0 Å². The highest BCUT2D eigenvalue weighted by molar-refractivity contribution is 7.80. The van der Waals surface area contributed by atoms with Crippen LogP contribution in [0.3, 0.4) is 0 Å². The highest BCUT2D eigenvalue weighted by atomic mass is 32.1. The molecule has 0 aliphatic carbocycles. The fourth-order valence-electron chi connectivity index (χ4n) is 1.05. The van der Waals surface area contributed by atoms with Gasteiger partial charge in [0.25, 0.3) is 5.91 Å². The van der Waals surface area contributed by atoms with Gasteiger partial charge in [0.15, 0.2) is 5.11 Å². The van der Waals surface area contributed by atoms with Crippen LogP contribution in [0.5, 0.6) is 0 Å². The maximum absolute atomic E-state index is 11.6. The monoisotopic (exact) mass is 228 g/mol. The molecule has 0 saturated heterocycles. The van der Waals surface area contributed by atoms with Crippen LogP contribution < -0.4 is 16.2 Å². The average molecular weight is 228 g/mol. The zero-order valence-corrected chi connectivity index (χ0v) is 9.49. The second-order valence-corrected chi connectivity index (χ2v) is 3.27. The summed E-state index contributed by atoms with van der Waals surface area (Å²) in [7, 11) is 1.65. The smallest absolute Gasteiger partial charge is 0.275 e. The molecule has 6 nitrogen and oxygen atoms in total. The minimum Gasteiger partial charge on any atom is -0.364 e. The Morgan fingerprint density at radius 2 is 2.07 bits per heavy atom. The Hall–Kier alpha value is -1.63. The van der Waals surface area contributed by atoms with Crippen LogP contribution in [0.1, 0.15) is 21.8 Å². The first-order valence-corrected chi connectivity index (χ1v) is 4.68. The summed E-state index contributed by atoms with van der Waals surface area (Å²) in [4.78, 5) is 11.6. The van der Waals surface area contributed by atoms with Gasteiger partial charge in [0, 0.05) is 7.05 Å². The molecular formula is C8H12N4O2S. The highest BCUT2D eigenvalue weighted by Gasteiger charge is 2.16. The van der Waals surface area contributed by atoms with Gasteiger partial charge in [0.2, 0.25) is 0 Å². The Labute approximate surface area is 92.4 Å². The predicted molar refractivity (Wildman–Crippen MR) is 58.2 cm³/mol. The van der Waals surface area contributed by atoms with Crippen molar-refractivity contribution < 1.29 is 9.32 Å². The number of amides is 1. The molecule has 0 spiro atoms. The van der Waals surface area contributed by atoms with Gasteiger partial charge in [-0.2, -0.15) is 0 Å². The summed E-state index contributed by atoms with van der Waals surface area (Å²) < 4.78 is 4.86. The molecule has 0 aliphatic heterocycles. The Bertz CT molecular complexity index is 368. The number of carbonyl (C=O) groups excluding carboxylic acids is 1. The fourth-order valence-corrected chi connectivity index (χ4v) is 1.10. The van der Waals surface area contributed by atoms with Crippen LogP contribution >= 0.6 is 12.2 Å². The first-order chi connectivity index (χ1) is 7.06. The number of rotatable bonds is 1. The molecule has 15 heavy (non-hydrogen) atoms. The number of hydrogen-bond donors (Lipinski definition) is 3. The standard InChI is InChI=1S/C8H12N4O2S/c1-4-6(5(2)14-12-4)7(13)10-11-8(15)9-3/h1-3H3,(H,10,13)(H2,9,11,15). The highest BCUT2D eigenvalue weighted by Crippen LogP contribution is 2.10. The van der Waals surface area contributed by atoms with Gasteiger partial charge in [0.05, 0.1) is 5.69 Å². The fraction of sp³-hybridized carbons (Fsp3) is 0.375. The molecule has 7 heteroatoms. The van der Waals surface area contributed by atoms with Gasteiger partial charge >= 0.3 is 0 Å². The normalized spacial score (nSPS) is 9.53. The number of aryl methyl sites for hydroxylation is 2. The van der Waals surface area contributed by atoms with Gasteiger partial charge in [-0.15, -0.1) is 0 Å². The molecule has 0 unspecified atom stereocenters. The molecule has 0 fully saturated rings. The topological polar surface area (TPSA) is 79.2 Å². The summed E-state index contributed by atoms with van der Waals surface area (Å²) in [6.07, 6.45) is 0. The third kappa shape index (κ3) is 2.66. The minimum atomic E-state index is -0.330. The van der Waals surface area contributed by atoms with Crippen LogP contribution in [0.25, 0.3) is 0 Å². The van der Waals surface area contributed by atoms with Gasteiger partial charge in [-0.25, -0.2) is 0 Å². The van der Waals surface area contributed by atoms with Crippen LogP contribution in [-0.4, -0.2) is 23.2 Å². The zero-order chi connectivity index (χ0) is 11.4. The molecular weight excluding hydrogens is 216 g/mol. The third-order valence-corrected chi connectivity index (χ3v) is 2.08. The van der Waals surface area contributed by atoms with Crippen LogP contribution in [0, 0.1) is 13.8 Å². The number of nitrogens with one attached hydrogen (secondary N) is 3. The summed E-state index contributed by atoms with van der Waals surface area (Å²) in [5.74, 6) is 0.144. The lowest BCUT2D eigenvalue weighted by Gasteiger charge is -2.07. The van der Waals surface area contributed by atoms with E-state index in [9.17, 15) is 4.79 Å². The maximum Gasteiger partial charge on any atom is 0.275 e. The summed E-state index contributed by atoms with van der Waals surface area (Å²) in [6.45, 7) is 3.37. The second kappa shape index (κ2) is 4.74. The lowest BCUT2D eigenvalue weighted by atomic mass is 10.2. The van der Waals surface area contributed by atoms with Crippen LogP contribution in [0.15, 0.2) is 4.52 Å². The number of aromatic nitrogens is 1. The Morgan fingerprint density at radius 1 is 1.40 bits per heavy atom. The van der Waals surface area contributed by atoms with Crippen LogP contribution in [-0.2, 0) is 0 Å². The van der Waals surface area contributed by atoms with E-state index in [1.54, 1.807) is 20.9 Å². The molecule has 1 amide bonds. The molecule has 3 N–H and O–H groups in total. The average Bonchev–Trinajstić information content (AvgIpc) is 2.54. The molecule has 1 aromatic rings. The van der Waals surface area contributed by atoms with Crippen molar-refractivity contribution in [2.45, 2.75) is 13.8 Å². The van der Waals surface area contributed by atoms with Crippen molar-refractivity contribution in [3.63, 3.8) is 0 Å². The van der Waals surface area contributed by atoms with E-state index in [0.717, 1.165) is 0 Å². The van der Waals surface area contributed by atoms with Gasteiger partial charge in [-0.05, 0) is 26.1 Å². The number of hydrazine groups is 1. The van der Waals surface area contributed by atoms with Crippen LogP contribution in [0.2, 0.25) is 0 Å². The van der Waals surface area contributed by atoms with E-state index in [1.165, 1.54) is 0 Å². The maximum atomic E-state index is 11.6. The summed E-state index contributed by atoms with van der Waals surface area (Å²) >= 11 is 4.79. The minimum absolute atomic E-state index is 0.329. The lowest BCUT2D eigenvalue weighted by molar-refractivity contribution is 0.0941. The van der Waals surface area contributed by atoms with Crippen molar-refractivity contribution in [1.82, 2.24) is 21.3 Å². The first-order valence-electron chi connectivity index (χ1n) is 4.27. The number of hydrogen-bond acceptors (Lipinski definition) is 4. The summed E-state index contributed by atoms with van der Waals surface area (Å²) in [5.41, 5.74) is 5.91.